The third-order valence-electron chi connectivity index (χ3n) is 4.07. The molecular formula is C18H25ClN2O2S. The molecule has 3 N–H and O–H groups in total. The first kappa shape index (κ1) is 20.5. The number of carbonyl (C=O) groups is 1. The van der Waals surface area contributed by atoms with E-state index in [1.807, 2.05) is 38.1 Å². The van der Waals surface area contributed by atoms with Crippen molar-refractivity contribution in [1.29, 1.82) is 0 Å². The molecule has 2 atom stereocenters. The lowest BCUT2D eigenvalue weighted by atomic mass is 9.99. The Bertz CT molecular complexity index is 643. The van der Waals surface area contributed by atoms with Gasteiger partial charge in [-0.2, -0.15) is 0 Å². The van der Waals surface area contributed by atoms with Gasteiger partial charge in [-0.25, -0.2) is 0 Å². The van der Waals surface area contributed by atoms with Crippen LogP contribution in [0.2, 0.25) is 0 Å². The Morgan fingerprint density at radius 3 is 2.54 bits per heavy atom. The molecule has 0 radical (unpaired) electrons. The van der Waals surface area contributed by atoms with Crippen LogP contribution in [0.5, 0.6) is 5.75 Å². The molecule has 0 aliphatic heterocycles. The number of carbonyl (C=O) groups excluding carboxylic acids is 1. The summed E-state index contributed by atoms with van der Waals surface area (Å²) in [6, 6.07) is 9.60. The van der Waals surface area contributed by atoms with Crippen molar-refractivity contribution in [2.24, 2.45) is 11.7 Å². The predicted molar refractivity (Wildman–Crippen MR) is 103 cm³/mol. The van der Waals surface area contributed by atoms with Crippen molar-refractivity contribution in [2.75, 3.05) is 7.11 Å². The molecule has 0 saturated heterocycles. The van der Waals surface area contributed by atoms with E-state index in [1.54, 1.807) is 18.4 Å². The summed E-state index contributed by atoms with van der Waals surface area (Å²) in [5.41, 5.74) is 8.22. The largest absolute Gasteiger partial charge is 0.497 e. The van der Waals surface area contributed by atoms with E-state index in [1.165, 1.54) is 0 Å². The highest BCUT2D eigenvalue weighted by Gasteiger charge is 2.19. The minimum atomic E-state index is -0.443. The lowest BCUT2D eigenvalue weighted by Gasteiger charge is -2.17. The first-order valence-corrected chi connectivity index (χ1v) is 8.68. The second kappa shape index (κ2) is 9.67. The maximum atomic E-state index is 12.0. The van der Waals surface area contributed by atoms with Crippen LogP contribution in [-0.2, 0) is 11.3 Å². The van der Waals surface area contributed by atoms with Crippen molar-refractivity contribution in [3.63, 3.8) is 0 Å². The summed E-state index contributed by atoms with van der Waals surface area (Å²) >= 11 is 1.64. The van der Waals surface area contributed by atoms with Crippen LogP contribution in [-0.4, -0.2) is 19.1 Å². The van der Waals surface area contributed by atoms with Gasteiger partial charge in [0.25, 0.3) is 0 Å². The van der Waals surface area contributed by atoms with Crippen LogP contribution in [0.4, 0.5) is 0 Å². The van der Waals surface area contributed by atoms with E-state index in [0.717, 1.165) is 28.2 Å². The number of hydrogen-bond donors (Lipinski definition) is 2. The van der Waals surface area contributed by atoms with Crippen molar-refractivity contribution in [2.45, 2.75) is 32.9 Å². The van der Waals surface area contributed by atoms with Gasteiger partial charge in [0.1, 0.15) is 5.75 Å². The van der Waals surface area contributed by atoms with E-state index < -0.39 is 6.04 Å². The molecule has 0 aliphatic carbocycles. The summed E-state index contributed by atoms with van der Waals surface area (Å²) in [6.07, 6.45) is 0.898. The molecule has 132 valence electrons. The normalized spacial score (nSPS) is 12.8. The fourth-order valence-electron chi connectivity index (χ4n) is 2.21. The average molecular weight is 369 g/mol. The number of benzene rings is 1. The predicted octanol–water partition coefficient (Wildman–Crippen LogP) is 3.84. The number of thiophene rings is 1. The molecule has 0 aliphatic rings. The zero-order chi connectivity index (χ0) is 16.8. The van der Waals surface area contributed by atoms with Crippen molar-refractivity contribution in [1.82, 2.24) is 5.32 Å². The molecule has 1 aromatic carbocycles. The van der Waals surface area contributed by atoms with Crippen LogP contribution >= 0.6 is 23.7 Å². The fraction of sp³-hybridized carbons (Fsp3) is 0.389. The molecule has 1 aromatic heterocycles. The maximum Gasteiger partial charge on any atom is 0.237 e. The minimum Gasteiger partial charge on any atom is -0.497 e. The Morgan fingerprint density at radius 2 is 1.96 bits per heavy atom. The molecule has 0 spiro atoms. The Kier molecular flexibility index (Phi) is 8.25. The smallest absolute Gasteiger partial charge is 0.237 e. The van der Waals surface area contributed by atoms with Crippen LogP contribution in [0.25, 0.3) is 11.1 Å². The third kappa shape index (κ3) is 5.23. The van der Waals surface area contributed by atoms with Gasteiger partial charge < -0.3 is 15.8 Å². The SMILES string of the molecule is CCC(C)C(N)C(=O)NCc1cc(-c2ccc(OC)cc2)cs1.Cl. The molecule has 0 bridgehead atoms. The monoisotopic (exact) mass is 368 g/mol. The topological polar surface area (TPSA) is 64.4 Å². The van der Waals surface area contributed by atoms with Crippen LogP contribution in [0, 0.1) is 5.92 Å². The second-order valence-corrected chi connectivity index (χ2v) is 6.66. The number of halogens is 1. The van der Waals surface area contributed by atoms with E-state index in [9.17, 15) is 4.79 Å². The van der Waals surface area contributed by atoms with Gasteiger partial charge in [-0.15, -0.1) is 23.7 Å². The lowest BCUT2D eigenvalue weighted by Crippen LogP contribution is -2.44. The van der Waals surface area contributed by atoms with Gasteiger partial charge in [0, 0.05) is 4.88 Å². The lowest BCUT2D eigenvalue weighted by molar-refractivity contribution is -0.123. The summed E-state index contributed by atoms with van der Waals surface area (Å²) in [4.78, 5) is 13.1. The van der Waals surface area contributed by atoms with Crippen LogP contribution < -0.4 is 15.8 Å². The Balaban J connectivity index is 0.00000288. The Labute approximate surface area is 153 Å². The molecule has 4 nitrogen and oxygen atoms in total. The fourth-order valence-corrected chi connectivity index (χ4v) is 3.05. The molecule has 24 heavy (non-hydrogen) atoms. The van der Waals surface area contributed by atoms with Gasteiger partial charge >= 0.3 is 0 Å². The van der Waals surface area contributed by atoms with Crippen LogP contribution in [0.1, 0.15) is 25.1 Å². The molecule has 0 fully saturated rings. The highest BCUT2D eigenvalue weighted by molar-refractivity contribution is 7.10. The van der Waals surface area contributed by atoms with E-state index in [-0.39, 0.29) is 24.2 Å². The van der Waals surface area contributed by atoms with Gasteiger partial charge in [-0.3, -0.25) is 4.79 Å². The first-order valence-electron chi connectivity index (χ1n) is 7.80. The number of nitrogens with one attached hydrogen (secondary N) is 1. The average Bonchev–Trinajstić information content (AvgIpc) is 3.07. The molecule has 2 unspecified atom stereocenters. The number of amides is 1. The van der Waals surface area contributed by atoms with Gasteiger partial charge in [0.05, 0.1) is 19.7 Å². The Morgan fingerprint density at radius 1 is 1.29 bits per heavy atom. The summed E-state index contributed by atoms with van der Waals surface area (Å²) in [5.74, 6) is 0.947. The second-order valence-electron chi connectivity index (χ2n) is 5.66. The standard InChI is InChI=1S/C18H24N2O2S.ClH/c1-4-12(2)17(19)18(21)20-10-16-9-14(11-23-16)13-5-7-15(22-3)8-6-13;/h5-9,11-12,17H,4,10,19H2,1-3H3,(H,20,21);1H. The van der Waals surface area contributed by atoms with Crippen molar-refractivity contribution < 1.29 is 9.53 Å². The summed E-state index contributed by atoms with van der Waals surface area (Å²) in [7, 11) is 1.66. The highest BCUT2D eigenvalue weighted by Crippen LogP contribution is 2.27. The van der Waals surface area contributed by atoms with Gasteiger partial charge in [0.2, 0.25) is 5.91 Å². The molecule has 2 aromatic rings. The summed E-state index contributed by atoms with van der Waals surface area (Å²) in [6.45, 7) is 4.55. The minimum absolute atomic E-state index is 0. The zero-order valence-electron chi connectivity index (χ0n) is 14.2. The molecule has 1 heterocycles. The molecule has 1 amide bonds. The number of nitrogens with two attached hydrogens (primary N) is 1. The number of hydrogen-bond acceptors (Lipinski definition) is 4. The van der Waals surface area contributed by atoms with Crippen molar-refractivity contribution in [3.05, 3.63) is 40.6 Å². The van der Waals surface area contributed by atoms with Crippen molar-refractivity contribution >= 4 is 29.7 Å². The maximum absolute atomic E-state index is 12.0. The van der Waals surface area contributed by atoms with E-state index in [0.29, 0.717) is 6.54 Å². The van der Waals surface area contributed by atoms with Crippen LogP contribution in [0.15, 0.2) is 35.7 Å². The first-order chi connectivity index (χ1) is 11.0. The van der Waals surface area contributed by atoms with Crippen molar-refractivity contribution in [3.8, 4) is 16.9 Å². The zero-order valence-corrected chi connectivity index (χ0v) is 15.9. The molecule has 0 saturated carbocycles. The molecule has 2 rings (SSSR count). The quantitative estimate of drug-likeness (QED) is 0.780. The third-order valence-corrected chi connectivity index (χ3v) is 5.01. The number of ether oxygens (including phenoxy) is 1. The van der Waals surface area contributed by atoms with Gasteiger partial charge in [-0.1, -0.05) is 32.4 Å². The summed E-state index contributed by atoms with van der Waals surface area (Å²) < 4.78 is 5.17. The number of rotatable bonds is 7. The van der Waals surface area contributed by atoms with Gasteiger partial charge in [-0.05, 0) is 40.6 Å². The molecular weight excluding hydrogens is 344 g/mol. The summed E-state index contributed by atoms with van der Waals surface area (Å²) in [5, 5.41) is 5.02. The van der Waals surface area contributed by atoms with Crippen LogP contribution in [0.3, 0.4) is 0 Å². The molecule has 6 heteroatoms. The number of methoxy groups -OCH3 is 1. The highest BCUT2D eigenvalue weighted by atomic mass is 35.5. The van der Waals surface area contributed by atoms with E-state index >= 15 is 0 Å². The van der Waals surface area contributed by atoms with E-state index in [2.05, 4.69) is 16.8 Å². The van der Waals surface area contributed by atoms with Gasteiger partial charge in [0.15, 0.2) is 0 Å². The van der Waals surface area contributed by atoms with E-state index in [4.69, 9.17) is 10.5 Å². The Hall–Kier alpha value is -1.56.